The second-order valence-electron chi connectivity index (χ2n) is 11.4. The van der Waals surface area contributed by atoms with Gasteiger partial charge < -0.3 is 0 Å². The Balaban J connectivity index is 1.91. The summed E-state index contributed by atoms with van der Waals surface area (Å²) in [6.45, 7) is 18.3. The molecule has 0 saturated carbocycles. The van der Waals surface area contributed by atoms with Crippen LogP contribution in [0.25, 0.3) is 11.1 Å². The zero-order valence-corrected chi connectivity index (χ0v) is 22.9. The van der Waals surface area contributed by atoms with E-state index in [2.05, 4.69) is 122 Å². The maximum absolute atomic E-state index is 5.81. The van der Waals surface area contributed by atoms with Crippen molar-refractivity contribution in [2.24, 2.45) is 0 Å². The van der Waals surface area contributed by atoms with Gasteiger partial charge in [-0.1, -0.05) is 118 Å². The molecule has 36 heavy (non-hydrogen) atoms. The lowest BCUT2D eigenvalue weighted by Crippen LogP contribution is -2.56. The van der Waals surface area contributed by atoms with Crippen LogP contribution in [0.1, 0.15) is 63.9 Å². The maximum atomic E-state index is 5.81. The zero-order valence-electron chi connectivity index (χ0n) is 22.9. The van der Waals surface area contributed by atoms with Gasteiger partial charge >= 0.3 is 0 Å². The highest BCUT2D eigenvalue weighted by atomic mass is 14.4. The number of aryl methyl sites for hydroxylation is 6. The van der Waals surface area contributed by atoms with Crippen molar-refractivity contribution in [3.05, 3.63) is 111 Å². The summed E-state index contributed by atoms with van der Waals surface area (Å²) in [4.78, 5) is 0. The lowest BCUT2D eigenvalue weighted by atomic mass is 9.33. The van der Waals surface area contributed by atoms with Gasteiger partial charge in [-0.25, -0.2) is 0 Å². The van der Waals surface area contributed by atoms with Crippen molar-refractivity contribution >= 4 is 23.1 Å². The highest BCUT2D eigenvalue weighted by Gasteiger charge is 2.40. The Hall–Kier alpha value is -3.50. The Morgan fingerprint density at radius 3 is 1.69 bits per heavy atom. The van der Waals surface area contributed by atoms with Crippen LogP contribution in [0.4, 0.5) is 0 Å². The monoisotopic (exact) mass is 466 g/mol. The molecule has 0 atom stereocenters. The predicted molar refractivity (Wildman–Crippen MR) is 158 cm³/mol. The van der Waals surface area contributed by atoms with Crippen molar-refractivity contribution in [3.8, 4) is 23.5 Å². The largest absolute Gasteiger partial charge is 0.243 e. The van der Waals surface area contributed by atoms with Gasteiger partial charge in [0.25, 0.3) is 0 Å². The van der Waals surface area contributed by atoms with Gasteiger partial charge in [-0.05, 0) is 75.9 Å². The molecule has 0 spiro atoms. The van der Waals surface area contributed by atoms with E-state index in [1.165, 1.54) is 72.0 Å². The molecule has 0 nitrogen and oxygen atoms in total. The normalized spacial score (nSPS) is 13.2. The molecule has 4 aromatic rings. The summed E-state index contributed by atoms with van der Waals surface area (Å²) >= 11 is 0. The molecular formula is C35H35B. The number of rotatable bonds is 3. The topological polar surface area (TPSA) is 0 Å². The molecule has 1 heteroatoms. The molecule has 0 N–H and O–H groups in total. The molecule has 4 aromatic carbocycles. The van der Waals surface area contributed by atoms with E-state index in [0.29, 0.717) is 0 Å². The van der Waals surface area contributed by atoms with Crippen LogP contribution in [0, 0.1) is 53.9 Å². The number of hydrogen-bond acceptors (Lipinski definition) is 0. The summed E-state index contributed by atoms with van der Waals surface area (Å²) in [5.41, 5.74) is 18.6. The fourth-order valence-corrected chi connectivity index (χ4v) is 6.89. The molecule has 0 unspecified atom stereocenters. The van der Waals surface area contributed by atoms with Crippen molar-refractivity contribution in [1.82, 2.24) is 0 Å². The first-order chi connectivity index (χ1) is 17.0. The van der Waals surface area contributed by atoms with Gasteiger partial charge in [0.15, 0.2) is 0 Å². The van der Waals surface area contributed by atoms with Crippen LogP contribution in [-0.2, 0) is 5.41 Å². The standard InChI is InChI=1S/C35H35B/c1-10-27-14-15-28-30(20-27)35(8,9)29-12-11-13-31(32(28)29)36(33-23(4)16-21(2)17-24(33)5)34-25(6)18-22(3)19-26(34)7/h1,11-20H,2-9H3. The van der Waals surface area contributed by atoms with Crippen LogP contribution < -0.4 is 16.4 Å². The third kappa shape index (κ3) is 3.63. The van der Waals surface area contributed by atoms with Gasteiger partial charge in [-0.3, -0.25) is 0 Å². The number of hydrogen-bond donors (Lipinski definition) is 0. The predicted octanol–water partition coefficient (Wildman–Crippen LogP) is 6.34. The van der Waals surface area contributed by atoms with Crippen molar-refractivity contribution in [1.29, 1.82) is 0 Å². The Labute approximate surface area is 217 Å². The Bertz CT molecular complexity index is 1470. The average molecular weight is 466 g/mol. The highest BCUT2D eigenvalue weighted by molar-refractivity contribution is 6.97. The van der Waals surface area contributed by atoms with E-state index >= 15 is 0 Å². The summed E-state index contributed by atoms with van der Waals surface area (Å²) in [5.74, 6) is 2.85. The van der Waals surface area contributed by atoms with E-state index in [4.69, 9.17) is 6.42 Å². The SMILES string of the molecule is C#Cc1ccc2c(c1)C(C)(C)c1cccc(B(c3c(C)cc(C)cc3C)c3c(C)cc(C)cc3C)c1-2. The van der Waals surface area contributed by atoms with Crippen molar-refractivity contribution in [2.75, 3.05) is 0 Å². The molecule has 0 radical (unpaired) electrons. The molecule has 0 bridgehead atoms. The van der Waals surface area contributed by atoms with Crippen LogP contribution in [0.15, 0.2) is 60.7 Å². The van der Waals surface area contributed by atoms with Gasteiger partial charge in [-0.15, -0.1) is 6.42 Å². The van der Waals surface area contributed by atoms with Gasteiger partial charge in [-0.2, -0.15) is 0 Å². The first-order valence-electron chi connectivity index (χ1n) is 12.9. The molecule has 0 aliphatic heterocycles. The van der Waals surface area contributed by atoms with E-state index < -0.39 is 0 Å². The van der Waals surface area contributed by atoms with Gasteiger partial charge in [0.05, 0.1) is 0 Å². The molecule has 0 fully saturated rings. The average Bonchev–Trinajstić information content (AvgIpc) is 3.03. The molecule has 178 valence electrons. The molecule has 0 saturated heterocycles. The van der Waals surface area contributed by atoms with E-state index in [1.54, 1.807) is 0 Å². The summed E-state index contributed by atoms with van der Waals surface area (Å²) in [6.07, 6.45) is 5.81. The molecule has 0 aromatic heterocycles. The fraction of sp³-hybridized carbons (Fsp3) is 0.257. The fourth-order valence-electron chi connectivity index (χ4n) is 6.89. The van der Waals surface area contributed by atoms with Crippen molar-refractivity contribution in [3.63, 3.8) is 0 Å². The summed E-state index contributed by atoms with van der Waals surface area (Å²) in [5, 5.41) is 0. The van der Waals surface area contributed by atoms with Crippen LogP contribution in [0.2, 0.25) is 0 Å². The van der Waals surface area contributed by atoms with E-state index in [-0.39, 0.29) is 12.1 Å². The minimum atomic E-state index is -0.104. The maximum Gasteiger partial charge on any atom is 0.243 e. The highest BCUT2D eigenvalue weighted by Crippen LogP contribution is 2.48. The number of fused-ring (bicyclic) bond motifs is 3. The first-order valence-corrected chi connectivity index (χ1v) is 12.9. The molecule has 0 amide bonds. The van der Waals surface area contributed by atoms with Crippen molar-refractivity contribution in [2.45, 2.75) is 60.8 Å². The lowest BCUT2D eigenvalue weighted by molar-refractivity contribution is 0.660. The molecule has 1 aliphatic carbocycles. The Morgan fingerprint density at radius 1 is 0.667 bits per heavy atom. The molecule has 1 aliphatic rings. The van der Waals surface area contributed by atoms with E-state index in [0.717, 1.165) is 5.56 Å². The lowest BCUT2D eigenvalue weighted by Gasteiger charge is -2.27. The van der Waals surface area contributed by atoms with Crippen molar-refractivity contribution < 1.29 is 0 Å². The summed E-state index contributed by atoms with van der Waals surface area (Å²) < 4.78 is 0. The number of benzene rings is 4. The Morgan fingerprint density at radius 2 is 1.19 bits per heavy atom. The second-order valence-corrected chi connectivity index (χ2v) is 11.4. The third-order valence-corrected chi connectivity index (χ3v) is 8.26. The van der Waals surface area contributed by atoms with E-state index in [9.17, 15) is 0 Å². The minimum absolute atomic E-state index is 0.104. The van der Waals surface area contributed by atoms with Crippen LogP contribution >= 0.6 is 0 Å². The van der Waals surface area contributed by atoms with Gasteiger partial charge in [0, 0.05) is 11.0 Å². The van der Waals surface area contributed by atoms with Crippen LogP contribution in [0.5, 0.6) is 0 Å². The molecular weight excluding hydrogens is 431 g/mol. The molecule has 0 heterocycles. The summed E-state index contributed by atoms with van der Waals surface area (Å²) in [6, 6.07) is 22.9. The number of terminal acetylenes is 1. The van der Waals surface area contributed by atoms with Gasteiger partial charge in [0.2, 0.25) is 6.71 Å². The van der Waals surface area contributed by atoms with E-state index in [1.807, 2.05) is 0 Å². The minimum Gasteiger partial charge on any atom is -0.115 e. The first kappa shape index (κ1) is 24.2. The van der Waals surface area contributed by atoms with Crippen LogP contribution in [-0.4, -0.2) is 6.71 Å². The van der Waals surface area contributed by atoms with Gasteiger partial charge in [0.1, 0.15) is 0 Å². The second kappa shape index (κ2) is 8.57. The van der Waals surface area contributed by atoms with Crippen LogP contribution in [0.3, 0.4) is 0 Å². The zero-order chi connectivity index (χ0) is 25.9. The quantitative estimate of drug-likeness (QED) is 0.244. The summed E-state index contributed by atoms with van der Waals surface area (Å²) in [7, 11) is 0. The third-order valence-electron chi connectivity index (χ3n) is 8.26. The smallest absolute Gasteiger partial charge is 0.115 e. The Kier molecular flexibility index (Phi) is 5.76. The molecule has 5 rings (SSSR count).